The van der Waals surface area contributed by atoms with Gasteiger partial charge in [0.25, 0.3) is 0 Å². The highest BCUT2D eigenvalue weighted by atomic mass is 16.2. The molecule has 0 aliphatic heterocycles. The summed E-state index contributed by atoms with van der Waals surface area (Å²) in [5, 5.41) is 3.21. The third kappa shape index (κ3) is 3.45. The number of pyridine rings is 1. The van der Waals surface area contributed by atoms with Gasteiger partial charge in [-0.1, -0.05) is 66.7 Å². The molecule has 3 heteroatoms. The minimum Gasteiger partial charge on any atom is -0.343 e. The van der Waals surface area contributed by atoms with E-state index in [-0.39, 0.29) is 17.9 Å². The fourth-order valence-electron chi connectivity index (χ4n) is 3.32. The molecule has 1 aliphatic carbocycles. The van der Waals surface area contributed by atoms with Crippen LogP contribution in [0.4, 0.5) is 0 Å². The summed E-state index contributed by atoms with van der Waals surface area (Å²) in [7, 11) is 0. The molecule has 0 bridgehead atoms. The van der Waals surface area contributed by atoms with Crippen LogP contribution in [0.5, 0.6) is 0 Å². The number of carbonyl (C=O) groups is 1. The van der Waals surface area contributed by atoms with Crippen LogP contribution in [0, 0.1) is 5.92 Å². The number of aromatic nitrogens is 1. The van der Waals surface area contributed by atoms with Crippen molar-refractivity contribution in [1.29, 1.82) is 0 Å². The fraction of sp³-hybridized carbons (Fsp3) is 0.182. The van der Waals surface area contributed by atoms with Gasteiger partial charge in [-0.2, -0.15) is 0 Å². The van der Waals surface area contributed by atoms with Crippen LogP contribution in [-0.2, 0) is 4.79 Å². The van der Waals surface area contributed by atoms with Crippen LogP contribution >= 0.6 is 0 Å². The molecule has 0 saturated heterocycles. The maximum absolute atomic E-state index is 12.8. The quantitative estimate of drug-likeness (QED) is 0.766. The van der Waals surface area contributed by atoms with Gasteiger partial charge >= 0.3 is 0 Å². The number of nitrogens with one attached hydrogen (secondary N) is 1. The maximum Gasteiger partial charge on any atom is 0.224 e. The van der Waals surface area contributed by atoms with Gasteiger partial charge in [0.05, 0.1) is 11.7 Å². The third-order valence-corrected chi connectivity index (χ3v) is 4.76. The number of hydrogen-bond acceptors (Lipinski definition) is 2. The molecule has 3 nitrogen and oxygen atoms in total. The molecule has 3 atom stereocenters. The second-order valence-corrected chi connectivity index (χ2v) is 6.47. The van der Waals surface area contributed by atoms with Crippen molar-refractivity contribution in [2.24, 2.45) is 5.92 Å². The Balaban J connectivity index is 1.53. The molecule has 0 unspecified atom stereocenters. The number of amides is 1. The van der Waals surface area contributed by atoms with E-state index in [9.17, 15) is 4.79 Å². The van der Waals surface area contributed by atoms with Crippen LogP contribution in [0.1, 0.15) is 35.2 Å². The number of rotatable bonds is 5. The normalized spacial score (nSPS) is 19.8. The molecule has 2 aromatic carbocycles. The molecule has 1 fully saturated rings. The van der Waals surface area contributed by atoms with Crippen LogP contribution in [0.3, 0.4) is 0 Å². The van der Waals surface area contributed by atoms with Gasteiger partial charge in [0.2, 0.25) is 5.91 Å². The average molecular weight is 328 g/mol. The van der Waals surface area contributed by atoms with Gasteiger partial charge in [0.15, 0.2) is 0 Å². The third-order valence-electron chi connectivity index (χ3n) is 4.76. The summed E-state index contributed by atoms with van der Waals surface area (Å²) < 4.78 is 0. The summed E-state index contributed by atoms with van der Waals surface area (Å²) in [5.74, 6) is 0.493. The van der Waals surface area contributed by atoms with Gasteiger partial charge in [0.1, 0.15) is 0 Å². The minimum absolute atomic E-state index is 0.0531. The standard InChI is InChI=1S/C22H20N2O/c25-22(19-15-18(19)16-9-3-1-4-10-16)24-21(17-11-5-2-6-12-17)20-13-7-8-14-23-20/h1-14,18-19,21H,15H2,(H,24,25)/t18-,19+,21+/m0/s1. The van der Waals surface area contributed by atoms with Crippen molar-refractivity contribution in [3.8, 4) is 0 Å². The predicted molar refractivity (Wildman–Crippen MR) is 98.0 cm³/mol. The van der Waals surface area contributed by atoms with Crippen LogP contribution in [-0.4, -0.2) is 10.9 Å². The lowest BCUT2D eigenvalue weighted by molar-refractivity contribution is -0.122. The van der Waals surface area contributed by atoms with Crippen molar-refractivity contribution >= 4 is 5.91 Å². The SMILES string of the molecule is O=C(N[C@H](c1ccccc1)c1ccccn1)[C@@H]1C[C@H]1c1ccccc1. The van der Waals surface area contributed by atoms with E-state index in [2.05, 4.69) is 22.4 Å². The van der Waals surface area contributed by atoms with E-state index >= 15 is 0 Å². The highest BCUT2D eigenvalue weighted by molar-refractivity contribution is 5.83. The molecule has 1 amide bonds. The molecule has 0 radical (unpaired) electrons. The zero-order valence-electron chi connectivity index (χ0n) is 13.9. The molecule has 1 aliphatic rings. The van der Waals surface area contributed by atoms with Crippen LogP contribution in [0.25, 0.3) is 0 Å². The minimum atomic E-state index is -0.216. The Kier molecular flexibility index (Phi) is 4.30. The van der Waals surface area contributed by atoms with Gasteiger partial charge < -0.3 is 5.32 Å². The Morgan fingerprint density at radius 3 is 2.28 bits per heavy atom. The second kappa shape index (κ2) is 6.89. The largest absolute Gasteiger partial charge is 0.343 e. The summed E-state index contributed by atoms with van der Waals surface area (Å²) >= 11 is 0. The van der Waals surface area contributed by atoms with Crippen molar-refractivity contribution in [3.05, 3.63) is 102 Å². The topological polar surface area (TPSA) is 42.0 Å². The summed E-state index contributed by atoms with van der Waals surface area (Å²) in [5.41, 5.74) is 3.15. The van der Waals surface area contributed by atoms with E-state index in [0.717, 1.165) is 17.7 Å². The summed E-state index contributed by atoms with van der Waals surface area (Å²) in [4.78, 5) is 17.3. The molecular weight excluding hydrogens is 308 g/mol. The average Bonchev–Trinajstić information content (AvgIpc) is 3.49. The summed E-state index contributed by atoms with van der Waals surface area (Å²) in [6.45, 7) is 0. The van der Waals surface area contributed by atoms with Crippen LogP contribution < -0.4 is 5.32 Å². The Bertz CT molecular complexity index is 794. The lowest BCUT2D eigenvalue weighted by Gasteiger charge is -2.19. The first-order valence-electron chi connectivity index (χ1n) is 8.64. The Morgan fingerprint density at radius 2 is 1.60 bits per heavy atom. The van der Waals surface area contributed by atoms with Gasteiger partial charge in [-0.05, 0) is 35.6 Å². The molecule has 124 valence electrons. The number of hydrogen-bond donors (Lipinski definition) is 1. The highest BCUT2D eigenvalue weighted by Gasteiger charge is 2.44. The van der Waals surface area contributed by atoms with Crippen LogP contribution in [0.2, 0.25) is 0 Å². The molecule has 0 spiro atoms. The first-order chi connectivity index (χ1) is 12.3. The lowest BCUT2D eigenvalue weighted by atomic mass is 10.0. The molecule has 1 heterocycles. The molecule has 4 rings (SSSR count). The van der Waals surface area contributed by atoms with Gasteiger partial charge in [0, 0.05) is 12.1 Å². The predicted octanol–water partition coefficient (Wildman–Crippen LogP) is 4.09. The van der Waals surface area contributed by atoms with Crippen molar-refractivity contribution in [1.82, 2.24) is 10.3 Å². The fourth-order valence-corrected chi connectivity index (χ4v) is 3.32. The summed E-state index contributed by atoms with van der Waals surface area (Å²) in [6, 6.07) is 25.9. The van der Waals surface area contributed by atoms with Crippen LogP contribution in [0.15, 0.2) is 85.1 Å². The molecule has 1 aromatic heterocycles. The van der Waals surface area contributed by atoms with E-state index in [4.69, 9.17) is 0 Å². The first kappa shape index (κ1) is 15.6. The Labute approximate surface area is 147 Å². The van der Waals surface area contributed by atoms with Crippen molar-refractivity contribution in [2.45, 2.75) is 18.4 Å². The first-order valence-corrected chi connectivity index (χ1v) is 8.64. The van der Waals surface area contributed by atoms with E-state index < -0.39 is 0 Å². The monoisotopic (exact) mass is 328 g/mol. The van der Waals surface area contributed by atoms with E-state index in [1.54, 1.807) is 6.20 Å². The molecule has 1 N–H and O–H groups in total. The van der Waals surface area contributed by atoms with Crippen molar-refractivity contribution < 1.29 is 4.79 Å². The summed E-state index contributed by atoms with van der Waals surface area (Å²) in [6.07, 6.45) is 2.68. The smallest absolute Gasteiger partial charge is 0.224 e. The molecular formula is C22H20N2O. The zero-order valence-corrected chi connectivity index (χ0v) is 13.9. The Morgan fingerprint density at radius 1 is 0.920 bits per heavy atom. The lowest BCUT2D eigenvalue weighted by Crippen LogP contribution is -2.31. The van der Waals surface area contributed by atoms with Gasteiger partial charge in [-0.3, -0.25) is 9.78 Å². The van der Waals surface area contributed by atoms with Gasteiger partial charge in [-0.25, -0.2) is 0 Å². The molecule has 3 aromatic rings. The second-order valence-electron chi connectivity index (χ2n) is 6.47. The Hall–Kier alpha value is -2.94. The number of benzene rings is 2. The number of carbonyl (C=O) groups excluding carboxylic acids is 1. The zero-order chi connectivity index (χ0) is 17.1. The molecule has 25 heavy (non-hydrogen) atoms. The number of nitrogens with zero attached hydrogens (tertiary/aromatic N) is 1. The molecule has 1 saturated carbocycles. The maximum atomic E-state index is 12.8. The van der Waals surface area contributed by atoms with Gasteiger partial charge in [-0.15, -0.1) is 0 Å². The van der Waals surface area contributed by atoms with Crippen molar-refractivity contribution in [2.75, 3.05) is 0 Å². The van der Waals surface area contributed by atoms with E-state index in [1.165, 1.54) is 5.56 Å². The van der Waals surface area contributed by atoms with Crippen molar-refractivity contribution in [3.63, 3.8) is 0 Å². The van der Waals surface area contributed by atoms with E-state index in [1.807, 2.05) is 66.7 Å². The van der Waals surface area contributed by atoms with E-state index in [0.29, 0.717) is 5.92 Å². The highest BCUT2D eigenvalue weighted by Crippen LogP contribution is 2.47.